The van der Waals surface area contributed by atoms with Crippen molar-refractivity contribution in [2.75, 3.05) is 6.54 Å². The second kappa shape index (κ2) is 6.82. The monoisotopic (exact) mass is 325 g/mol. The second-order valence-corrected chi connectivity index (χ2v) is 6.10. The number of halogens is 2. The Kier molecular flexibility index (Phi) is 5.31. The van der Waals surface area contributed by atoms with Gasteiger partial charge in [-0.15, -0.1) is 0 Å². The Bertz CT molecular complexity index is 635. The molecule has 1 heterocycles. The molecule has 0 radical (unpaired) electrons. The van der Waals surface area contributed by atoms with Crippen molar-refractivity contribution in [3.05, 3.63) is 50.8 Å². The van der Waals surface area contributed by atoms with Gasteiger partial charge in [-0.1, -0.05) is 30.1 Å². The smallest absolute Gasteiger partial charge is 0.0647 e. The summed E-state index contributed by atoms with van der Waals surface area (Å²) in [5, 5.41) is 9.50. The van der Waals surface area contributed by atoms with Crippen molar-refractivity contribution >= 4 is 23.2 Å². The topological polar surface area (TPSA) is 29.9 Å². The number of rotatable bonds is 5. The molecule has 0 fully saturated rings. The summed E-state index contributed by atoms with van der Waals surface area (Å²) < 4.78 is 1.91. The highest BCUT2D eigenvalue weighted by Crippen LogP contribution is 2.33. The third kappa shape index (κ3) is 3.42. The molecule has 5 heteroatoms. The van der Waals surface area contributed by atoms with Crippen LogP contribution >= 0.6 is 23.2 Å². The minimum atomic E-state index is 0.00449. The molecule has 0 bridgehead atoms. The van der Waals surface area contributed by atoms with Crippen LogP contribution < -0.4 is 5.32 Å². The van der Waals surface area contributed by atoms with Crippen molar-refractivity contribution in [1.29, 1.82) is 0 Å². The van der Waals surface area contributed by atoms with E-state index in [-0.39, 0.29) is 6.04 Å². The van der Waals surface area contributed by atoms with E-state index in [0.717, 1.165) is 34.9 Å². The molecule has 0 aliphatic rings. The summed E-state index contributed by atoms with van der Waals surface area (Å²) in [6, 6.07) is 5.60. The molecule has 0 amide bonds. The van der Waals surface area contributed by atoms with Gasteiger partial charge < -0.3 is 5.32 Å². The molecule has 0 aliphatic carbocycles. The Hall–Kier alpha value is -1.03. The Labute approximate surface area is 136 Å². The third-order valence-electron chi connectivity index (χ3n) is 3.72. The van der Waals surface area contributed by atoms with Gasteiger partial charge in [0.05, 0.1) is 11.7 Å². The molecular formula is C16H21Cl2N3. The minimum absolute atomic E-state index is 0.00449. The van der Waals surface area contributed by atoms with Crippen LogP contribution in [-0.4, -0.2) is 16.3 Å². The summed E-state index contributed by atoms with van der Waals surface area (Å²) >= 11 is 12.6. The van der Waals surface area contributed by atoms with Crippen molar-refractivity contribution in [2.45, 2.75) is 33.2 Å². The van der Waals surface area contributed by atoms with Crippen molar-refractivity contribution < 1.29 is 0 Å². The lowest BCUT2D eigenvalue weighted by atomic mass is 9.96. The van der Waals surface area contributed by atoms with Gasteiger partial charge in [-0.2, -0.15) is 5.10 Å². The maximum atomic E-state index is 6.41. The van der Waals surface area contributed by atoms with Crippen molar-refractivity contribution in [3.8, 4) is 0 Å². The molecule has 2 rings (SSSR count). The first-order chi connectivity index (χ1) is 9.95. The summed E-state index contributed by atoms with van der Waals surface area (Å²) in [5.41, 5.74) is 4.32. The summed E-state index contributed by atoms with van der Waals surface area (Å²) in [4.78, 5) is 0. The number of nitrogens with one attached hydrogen (secondary N) is 1. The van der Waals surface area contributed by atoms with Gasteiger partial charge in [0.25, 0.3) is 0 Å². The van der Waals surface area contributed by atoms with Gasteiger partial charge in [-0.25, -0.2) is 0 Å². The van der Waals surface area contributed by atoms with E-state index in [9.17, 15) is 0 Å². The number of aryl methyl sites for hydroxylation is 2. The van der Waals surface area contributed by atoms with Crippen LogP contribution in [-0.2, 0) is 7.05 Å². The Morgan fingerprint density at radius 3 is 2.57 bits per heavy atom. The maximum Gasteiger partial charge on any atom is 0.0647 e. The van der Waals surface area contributed by atoms with Crippen molar-refractivity contribution in [2.24, 2.45) is 7.05 Å². The SMILES string of the molecule is CCCNC(c1cc(Cl)ccc1Cl)c1c(C)nn(C)c1C. The van der Waals surface area contributed by atoms with Crippen LogP contribution in [0.15, 0.2) is 18.2 Å². The highest BCUT2D eigenvalue weighted by atomic mass is 35.5. The number of benzene rings is 1. The van der Waals surface area contributed by atoms with Gasteiger partial charge in [0, 0.05) is 28.4 Å². The fraction of sp³-hybridized carbons (Fsp3) is 0.438. The van der Waals surface area contributed by atoms with Crippen LogP contribution in [0.1, 0.15) is 41.9 Å². The van der Waals surface area contributed by atoms with Gasteiger partial charge in [0.2, 0.25) is 0 Å². The van der Waals surface area contributed by atoms with Crippen molar-refractivity contribution in [3.63, 3.8) is 0 Å². The van der Waals surface area contributed by atoms with Crippen LogP contribution in [0.2, 0.25) is 10.0 Å². The molecule has 21 heavy (non-hydrogen) atoms. The maximum absolute atomic E-state index is 6.41. The normalized spacial score (nSPS) is 12.7. The fourth-order valence-electron chi connectivity index (χ4n) is 2.60. The first kappa shape index (κ1) is 16.3. The molecular weight excluding hydrogens is 305 g/mol. The lowest BCUT2D eigenvalue weighted by molar-refractivity contribution is 0.593. The number of hydrogen-bond donors (Lipinski definition) is 1. The highest BCUT2D eigenvalue weighted by Gasteiger charge is 2.23. The van der Waals surface area contributed by atoms with E-state index in [2.05, 4.69) is 24.3 Å². The zero-order chi connectivity index (χ0) is 15.6. The number of nitrogens with zero attached hydrogens (tertiary/aromatic N) is 2. The average Bonchev–Trinajstić information content (AvgIpc) is 2.69. The lowest BCUT2D eigenvalue weighted by Crippen LogP contribution is -2.24. The quantitative estimate of drug-likeness (QED) is 0.881. The predicted molar refractivity (Wildman–Crippen MR) is 89.3 cm³/mol. The summed E-state index contributed by atoms with van der Waals surface area (Å²) in [7, 11) is 1.96. The van der Waals surface area contributed by atoms with E-state index >= 15 is 0 Å². The third-order valence-corrected chi connectivity index (χ3v) is 4.30. The molecule has 3 nitrogen and oxygen atoms in total. The van der Waals surface area contributed by atoms with E-state index in [0.29, 0.717) is 5.02 Å². The average molecular weight is 326 g/mol. The van der Waals surface area contributed by atoms with E-state index < -0.39 is 0 Å². The molecule has 0 saturated heterocycles. The van der Waals surface area contributed by atoms with E-state index in [1.807, 2.05) is 36.9 Å². The lowest BCUT2D eigenvalue weighted by Gasteiger charge is -2.21. The van der Waals surface area contributed by atoms with Crippen LogP contribution in [0, 0.1) is 13.8 Å². The van der Waals surface area contributed by atoms with Crippen LogP contribution in [0.4, 0.5) is 0 Å². The molecule has 1 aromatic heterocycles. The van der Waals surface area contributed by atoms with E-state index in [4.69, 9.17) is 23.2 Å². The molecule has 0 saturated carbocycles. The summed E-state index contributed by atoms with van der Waals surface area (Å²) in [6.45, 7) is 7.16. The zero-order valence-corrected chi connectivity index (χ0v) is 14.4. The molecule has 1 N–H and O–H groups in total. The van der Waals surface area contributed by atoms with Gasteiger partial charge in [0.1, 0.15) is 0 Å². The molecule has 2 aromatic rings. The van der Waals surface area contributed by atoms with Gasteiger partial charge >= 0.3 is 0 Å². The van der Waals surface area contributed by atoms with Crippen LogP contribution in [0.25, 0.3) is 0 Å². The minimum Gasteiger partial charge on any atom is -0.306 e. The Morgan fingerprint density at radius 2 is 2.00 bits per heavy atom. The molecule has 0 aliphatic heterocycles. The van der Waals surface area contributed by atoms with Crippen LogP contribution in [0.3, 0.4) is 0 Å². The molecule has 1 unspecified atom stereocenters. The fourth-order valence-corrected chi connectivity index (χ4v) is 3.01. The highest BCUT2D eigenvalue weighted by molar-refractivity contribution is 6.33. The molecule has 1 atom stereocenters. The summed E-state index contributed by atoms with van der Waals surface area (Å²) in [6.07, 6.45) is 1.05. The van der Waals surface area contributed by atoms with E-state index in [1.54, 1.807) is 0 Å². The Morgan fingerprint density at radius 1 is 1.29 bits per heavy atom. The van der Waals surface area contributed by atoms with Gasteiger partial charge in [0.15, 0.2) is 0 Å². The standard InChI is InChI=1S/C16H21Cl2N3/c1-5-8-19-16(13-9-12(17)6-7-14(13)18)15-10(2)20-21(4)11(15)3/h6-7,9,16,19H,5,8H2,1-4H3. The molecule has 114 valence electrons. The Balaban J connectivity index is 2.55. The second-order valence-electron chi connectivity index (χ2n) is 5.26. The molecule has 0 spiro atoms. The van der Waals surface area contributed by atoms with Gasteiger partial charge in [-0.05, 0) is 50.6 Å². The first-order valence-corrected chi connectivity index (χ1v) is 7.89. The van der Waals surface area contributed by atoms with Crippen LogP contribution in [0.5, 0.6) is 0 Å². The van der Waals surface area contributed by atoms with Crippen molar-refractivity contribution in [1.82, 2.24) is 15.1 Å². The van der Waals surface area contributed by atoms with E-state index in [1.165, 1.54) is 5.56 Å². The molecule has 1 aromatic carbocycles. The predicted octanol–water partition coefficient (Wildman–Crippen LogP) is 4.43. The number of aromatic nitrogens is 2. The first-order valence-electron chi connectivity index (χ1n) is 7.14. The largest absolute Gasteiger partial charge is 0.306 e. The number of hydrogen-bond acceptors (Lipinski definition) is 2. The van der Waals surface area contributed by atoms with Gasteiger partial charge in [-0.3, -0.25) is 4.68 Å². The summed E-state index contributed by atoms with van der Waals surface area (Å²) in [5.74, 6) is 0. The zero-order valence-electron chi connectivity index (χ0n) is 12.9.